The number of benzene rings is 1. The number of hydrogen-bond donors (Lipinski definition) is 1. The van der Waals surface area contributed by atoms with Crippen molar-refractivity contribution in [2.45, 2.75) is 52.3 Å². The number of piperazine rings is 1. The summed E-state index contributed by atoms with van der Waals surface area (Å²) < 4.78 is 5.43. The van der Waals surface area contributed by atoms with E-state index < -0.39 is 5.60 Å². The molecule has 0 unspecified atom stereocenters. The Morgan fingerprint density at radius 2 is 1.52 bits per heavy atom. The van der Waals surface area contributed by atoms with E-state index in [-0.39, 0.29) is 6.09 Å². The van der Waals surface area contributed by atoms with Crippen LogP contribution in [0.15, 0.2) is 29.3 Å². The third-order valence-corrected chi connectivity index (χ3v) is 5.31. The first-order chi connectivity index (χ1) is 13.8. The van der Waals surface area contributed by atoms with Crippen LogP contribution in [0.1, 0.15) is 44.7 Å². The maximum atomic E-state index is 12.2. The van der Waals surface area contributed by atoms with Crippen LogP contribution < -0.4 is 5.73 Å². The van der Waals surface area contributed by atoms with Crippen LogP contribution in [-0.2, 0) is 17.8 Å². The van der Waals surface area contributed by atoms with Crippen molar-refractivity contribution in [2.75, 3.05) is 39.3 Å². The standard InChI is InChI=1S/C22H35N5O2/c1-22(2,3)29-21(28)27-14-12-26(13-15-27)20(23)24-16-18-6-8-19(9-7-18)17-25-10-4-5-11-25/h6-9H,4-5,10-17H2,1-3H3,(H2,23,24). The minimum absolute atomic E-state index is 0.262. The summed E-state index contributed by atoms with van der Waals surface area (Å²) in [5.74, 6) is 0.537. The highest BCUT2D eigenvalue weighted by atomic mass is 16.6. The lowest BCUT2D eigenvalue weighted by Gasteiger charge is -2.36. The SMILES string of the molecule is CC(C)(C)OC(=O)N1CCN(C(N)=NCc2ccc(CN3CCCC3)cc2)CC1. The molecule has 7 nitrogen and oxygen atoms in total. The Morgan fingerprint density at radius 3 is 2.10 bits per heavy atom. The van der Waals surface area contributed by atoms with Crippen molar-refractivity contribution in [3.63, 3.8) is 0 Å². The monoisotopic (exact) mass is 401 g/mol. The highest BCUT2D eigenvalue weighted by Crippen LogP contribution is 2.14. The minimum Gasteiger partial charge on any atom is -0.444 e. The fraction of sp³-hybridized carbons (Fsp3) is 0.636. The van der Waals surface area contributed by atoms with Gasteiger partial charge < -0.3 is 20.3 Å². The van der Waals surface area contributed by atoms with Crippen LogP contribution in [0.25, 0.3) is 0 Å². The molecule has 0 atom stereocenters. The van der Waals surface area contributed by atoms with Crippen molar-refractivity contribution in [3.05, 3.63) is 35.4 Å². The molecule has 3 rings (SSSR count). The predicted molar refractivity (Wildman–Crippen MR) is 116 cm³/mol. The normalized spacial score (nSPS) is 18.9. The van der Waals surface area contributed by atoms with Crippen LogP contribution in [-0.4, -0.2) is 71.6 Å². The van der Waals surface area contributed by atoms with Crippen LogP contribution in [0.3, 0.4) is 0 Å². The number of ether oxygens (including phenoxy) is 1. The molecule has 2 heterocycles. The quantitative estimate of drug-likeness (QED) is 0.620. The van der Waals surface area contributed by atoms with E-state index in [2.05, 4.69) is 34.2 Å². The first-order valence-electron chi connectivity index (χ1n) is 10.6. The Morgan fingerprint density at radius 1 is 0.966 bits per heavy atom. The number of hydrogen-bond acceptors (Lipinski definition) is 4. The molecule has 0 saturated carbocycles. The molecule has 2 aliphatic rings. The molecule has 0 spiro atoms. The van der Waals surface area contributed by atoms with Crippen LogP contribution >= 0.6 is 0 Å². The Balaban J connectivity index is 1.45. The van der Waals surface area contributed by atoms with Gasteiger partial charge in [0.05, 0.1) is 6.54 Å². The molecular formula is C22H35N5O2. The highest BCUT2D eigenvalue weighted by Gasteiger charge is 2.26. The topological polar surface area (TPSA) is 74.4 Å². The summed E-state index contributed by atoms with van der Waals surface area (Å²) >= 11 is 0. The predicted octanol–water partition coefficient (Wildman–Crippen LogP) is 2.65. The van der Waals surface area contributed by atoms with Gasteiger partial charge in [0, 0.05) is 32.7 Å². The molecule has 2 saturated heterocycles. The van der Waals surface area contributed by atoms with Gasteiger partial charge in [-0.2, -0.15) is 0 Å². The Hall–Kier alpha value is -2.28. The number of nitrogens with two attached hydrogens (primary N) is 1. The Labute approximate surface area is 174 Å². The lowest BCUT2D eigenvalue weighted by molar-refractivity contribution is 0.0186. The van der Waals surface area contributed by atoms with E-state index in [9.17, 15) is 4.79 Å². The molecule has 0 radical (unpaired) electrons. The van der Waals surface area contributed by atoms with Crippen molar-refractivity contribution in [3.8, 4) is 0 Å². The molecule has 0 aromatic heterocycles. The molecule has 2 N–H and O–H groups in total. The fourth-order valence-corrected chi connectivity index (χ4v) is 3.67. The van der Waals surface area contributed by atoms with E-state index in [4.69, 9.17) is 10.5 Å². The number of carbonyl (C=O) groups excluding carboxylic acids is 1. The zero-order valence-corrected chi connectivity index (χ0v) is 18.1. The van der Waals surface area contributed by atoms with Crippen LogP contribution in [0, 0.1) is 0 Å². The smallest absolute Gasteiger partial charge is 0.410 e. The Kier molecular flexibility index (Phi) is 7.00. The van der Waals surface area contributed by atoms with Gasteiger partial charge in [0.2, 0.25) is 0 Å². The van der Waals surface area contributed by atoms with Crippen molar-refractivity contribution in [1.29, 1.82) is 0 Å². The van der Waals surface area contributed by atoms with Gasteiger partial charge in [-0.15, -0.1) is 0 Å². The van der Waals surface area contributed by atoms with Gasteiger partial charge in [0.25, 0.3) is 0 Å². The van der Waals surface area contributed by atoms with Crippen molar-refractivity contribution < 1.29 is 9.53 Å². The second-order valence-corrected chi connectivity index (χ2v) is 8.93. The Bertz CT molecular complexity index is 697. The fourth-order valence-electron chi connectivity index (χ4n) is 3.67. The molecule has 1 aromatic rings. The van der Waals surface area contributed by atoms with Crippen molar-refractivity contribution in [2.24, 2.45) is 10.7 Å². The number of carbonyl (C=O) groups is 1. The molecule has 29 heavy (non-hydrogen) atoms. The van der Waals surface area contributed by atoms with Crippen LogP contribution in [0.4, 0.5) is 4.79 Å². The van der Waals surface area contributed by atoms with Crippen molar-refractivity contribution in [1.82, 2.24) is 14.7 Å². The molecular weight excluding hydrogens is 366 g/mol. The van der Waals surface area contributed by atoms with E-state index in [1.165, 1.54) is 31.5 Å². The van der Waals surface area contributed by atoms with Gasteiger partial charge in [-0.3, -0.25) is 4.90 Å². The van der Waals surface area contributed by atoms with Crippen LogP contribution in [0.5, 0.6) is 0 Å². The minimum atomic E-state index is -0.473. The van der Waals surface area contributed by atoms with E-state index in [1.807, 2.05) is 25.7 Å². The summed E-state index contributed by atoms with van der Waals surface area (Å²) in [7, 11) is 0. The van der Waals surface area contributed by atoms with E-state index in [0.717, 1.165) is 12.1 Å². The van der Waals surface area contributed by atoms with Gasteiger partial charge in [-0.1, -0.05) is 24.3 Å². The maximum absolute atomic E-state index is 12.2. The van der Waals surface area contributed by atoms with Gasteiger partial charge >= 0.3 is 6.09 Å². The van der Waals surface area contributed by atoms with Gasteiger partial charge in [0.1, 0.15) is 5.60 Å². The number of nitrogens with zero attached hydrogens (tertiary/aromatic N) is 4. The van der Waals surface area contributed by atoms with E-state index >= 15 is 0 Å². The van der Waals surface area contributed by atoms with Gasteiger partial charge in [-0.05, 0) is 57.8 Å². The first-order valence-corrected chi connectivity index (χ1v) is 10.6. The molecule has 7 heteroatoms. The lowest BCUT2D eigenvalue weighted by Crippen LogP contribution is -2.53. The number of rotatable bonds is 4. The molecule has 0 bridgehead atoms. The van der Waals surface area contributed by atoms with Crippen molar-refractivity contribution >= 4 is 12.1 Å². The largest absolute Gasteiger partial charge is 0.444 e. The third-order valence-electron chi connectivity index (χ3n) is 5.31. The average molecular weight is 402 g/mol. The molecule has 2 aliphatic heterocycles. The summed E-state index contributed by atoms with van der Waals surface area (Å²) in [4.78, 5) is 23.0. The summed E-state index contributed by atoms with van der Waals surface area (Å²) in [5.41, 5.74) is 8.23. The summed E-state index contributed by atoms with van der Waals surface area (Å²) in [6.45, 7) is 12.2. The highest BCUT2D eigenvalue weighted by molar-refractivity contribution is 5.78. The molecule has 2 fully saturated rings. The summed E-state index contributed by atoms with van der Waals surface area (Å²) in [6.07, 6.45) is 2.37. The first kappa shape index (κ1) is 21.4. The summed E-state index contributed by atoms with van der Waals surface area (Å²) in [5, 5.41) is 0. The second kappa shape index (κ2) is 9.48. The second-order valence-electron chi connectivity index (χ2n) is 8.93. The number of aliphatic imine (C=N–C) groups is 1. The number of likely N-dealkylation sites (tertiary alicyclic amines) is 1. The molecule has 1 amide bonds. The lowest BCUT2D eigenvalue weighted by atomic mass is 10.1. The average Bonchev–Trinajstić information content (AvgIpc) is 3.19. The summed E-state index contributed by atoms with van der Waals surface area (Å²) in [6, 6.07) is 8.67. The van der Waals surface area contributed by atoms with E-state index in [1.54, 1.807) is 4.90 Å². The zero-order chi connectivity index (χ0) is 20.9. The number of guanidine groups is 1. The number of amides is 1. The van der Waals surface area contributed by atoms with Gasteiger partial charge in [-0.25, -0.2) is 9.79 Å². The van der Waals surface area contributed by atoms with Crippen LogP contribution in [0.2, 0.25) is 0 Å². The zero-order valence-electron chi connectivity index (χ0n) is 18.1. The van der Waals surface area contributed by atoms with Gasteiger partial charge in [0.15, 0.2) is 5.96 Å². The molecule has 160 valence electrons. The van der Waals surface area contributed by atoms with E-state index in [0.29, 0.717) is 38.7 Å². The maximum Gasteiger partial charge on any atom is 0.410 e. The third kappa shape index (κ3) is 6.63. The molecule has 0 aliphatic carbocycles. The molecule has 1 aromatic carbocycles.